The third kappa shape index (κ3) is 1.88. The van der Waals surface area contributed by atoms with E-state index in [2.05, 4.69) is 0 Å². The van der Waals surface area contributed by atoms with Crippen LogP contribution in [0.1, 0.15) is 31.9 Å². The molecule has 0 bridgehead atoms. The Morgan fingerprint density at radius 1 is 1.28 bits per heavy atom. The van der Waals surface area contributed by atoms with E-state index in [-0.39, 0.29) is 24.0 Å². The smallest absolute Gasteiger partial charge is 0.322 e. The van der Waals surface area contributed by atoms with Crippen molar-refractivity contribution in [3.05, 3.63) is 35.9 Å². The monoisotopic (exact) mass is 246 g/mol. The van der Waals surface area contributed by atoms with Crippen LogP contribution in [0.25, 0.3) is 0 Å². The number of carbonyl (C=O) groups is 2. The van der Waals surface area contributed by atoms with Gasteiger partial charge in [0.25, 0.3) is 0 Å². The molecule has 3 amide bonds. The van der Waals surface area contributed by atoms with Gasteiger partial charge in [-0.15, -0.1) is 0 Å². The van der Waals surface area contributed by atoms with Crippen LogP contribution in [0.2, 0.25) is 0 Å². The summed E-state index contributed by atoms with van der Waals surface area (Å²) in [7, 11) is 1.74. The molecule has 2 atom stereocenters. The van der Waals surface area contributed by atoms with Gasteiger partial charge in [-0.05, 0) is 12.5 Å². The average Bonchev–Trinajstić information content (AvgIpc) is 2.63. The standard InChI is InChI=1S/C14H18N2O2/c1-4-12(17)16-13(10(2)15(3)14(16)18)11-8-6-5-7-9-11/h5-10,13H,4H2,1-3H3. The van der Waals surface area contributed by atoms with E-state index in [0.29, 0.717) is 6.42 Å². The summed E-state index contributed by atoms with van der Waals surface area (Å²) in [6.45, 7) is 3.75. The van der Waals surface area contributed by atoms with Crippen molar-refractivity contribution in [1.29, 1.82) is 0 Å². The van der Waals surface area contributed by atoms with E-state index in [4.69, 9.17) is 0 Å². The quantitative estimate of drug-likeness (QED) is 0.804. The zero-order chi connectivity index (χ0) is 13.3. The van der Waals surface area contributed by atoms with Crippen LogP contribution in [0.15, 0.2) is 30.3 Å². The van der Waals surface area contributed by atoms with Crippen LogP contribution in [0.3, 0.4) is 0 Å². The average molecular weight is 246 g/mol. The lowest BCUT2D eigenvalue weighted by Crippen LogP contribution is -2.35. The predicted octanol–water partition coefficient (Wildman–Crippen LogP) is 2.42. The zero-order valence-electron chi connectivity index (χ0n) is 11.0. The molecule has 18 heavy (non-hydrogen) atoms. The fraction of sp³-hybridized carbons (Fsp3) is 0.429. The Balaban J connectivity index is 2.42. The second-order valence-electron chi connectivity index (χ2n) is 4.61. The lowest BCUT2D eigenvalue weighted by Gasteiger charge is -2.23. The van der Waals surface area contributed by atoms with Gasteiger partial charge in [0.2, 0.25) is 5.91 Å². The molecule has 1 saturated heterocycles. The number of carbonyl (C=O) groups excluding carboxylic acids is 2. The first-order valence-corrected chi connectivity index (χ1v) is 6.21. The van der Waals surface area contributed by atoms with Gasteiger partial charge in [-0.25, -0.2) is 4.79 Å². The van der Waals surface area contributed by atoms with Crippen LogP contribution in [0.5, 0.6) is 0 Å². The molecular formula is C14H18N2O2. The van der Waals surface area contributed by atoms with E-state index in [0.717, 1.165) is 5.56 Å². The van der Waals surface area contributed by atoms with Crippen molar-refractivity contribution in [3.63, 3.8) is 0 Å². The van der Waals surface area contributed by atoms with Gasteiger partial charge in [0.15, 0.2) is 0 Å². The molecule has 2 rings (SSSR count). The molecule has 1 heterocycles. The molecule has 1 fully saturated rings. The lowest BCUT2D eigenvalue weighted by molar-refractivity contribution is -0.129. The highest BCUT2D eigenvalue weighted by molar-refractivity contribution is 5.96. The van der Waals surface area contributed by atoms with Gasteiger partial charge in [-0.1, -0.05) is 37.3 Å². The summed E-state index contributed by atoms with van der Waals surface area (Å²) < 4.78 is 0. The summed E-state index contributed by atoms with van der Waals surface area (Å²) in [5, 5.41) is 0. The number of rotatable bonds is 2. The molecule has 0 aromatic heterocycles. The van der Waals surface area contributed by atoms with Gasteiger partial charge in [0, 0.05) is 13.5 Å². The molecule has 1 aliphatic rings. The summed E-state index contributed by atoms with van der Waals surface area (Å²) >= 11 is 0. The van der Waals surface area contributed by atoms with Crippen molar-refractivity contribution in [2.45, 2.75) is 32.4 Å². The highest BCUT2D eigenvalue weighted by Crippen LogP contribution is 2.34. The molecule has 0 radical (unpaired) electrons. The summed E-state index contributed by atoms with van der Waals surface area (Å²) in [6.07, 6.45) is 0.343. The Labute approximate surface area is 107 Å². The highest BCUT2D eigenvalue weighted by atomic mass is 16.2. The van der Waals surface area contributed by atoms with Crippen LogP contribution in [-0.4, -0.2) is 34.8 Å². The van der Waals surface area contributed by atoms with Crippen LogP contribution in [0.4, 0.5) is 4.79 Å². The normalized spacial score (nSPS) is 23.6. The molecule has 0 aliphatic carbocycles. The minimum absolute atomic E-state index is 0.00426. The van der Waals surface area contributed by atoms with Crippen molar-refractivity contribution in [2.24, 2.45) is 0 Å². The molecule has 2 unspecified atom stereocenters. The number of urea groups is 1. The van der Waals surface area contributed by atoms with E-state index in [9.17, 15) is 9.59 Å². The van der Waals surface area contributed by atoms with Crippen molar-refractivity contribution >= 4 is 11.9 Å². The molecule has 96 valence electrons. The van der Waals surface area contributed by atoms with Crippen LogP contribution < -0.4 is 0 Å². The molecule has 1 aromatic carbocycles. The number of likely N-dealkylation sites (N-methyl/N-ethyl adjacent to an activating group) is 1. The van der Waals surface area contributed by atoms with E-state index in [1.165, 1.54) is 4.90 Å². The first-order chi connectivity index (χ1) is 8.57. The predicted molar refractivity (Wildman–Crippen MR) is 68.9 cm³/mol. The number of amides is 3. The van der Waals surface area contributed by atoms with Gasteiger partial charge in [-0.3, -0.25) is 9.69 Å². The molecule has 1 aliphatic heterocycles. The minimum atomic E-state index is -0.205. The van der Waals surface area contributed by atoms with Crippen LogP contribution in [-0.2, 0) is 4.79 Å². The number of hydrogen-bond donors (Lipinski definition) is 0. The number of nitrogens with zero attached hydrogens (tertiary/aromatic N) is 2. The summed E-state index contributed by atoms with van der Waals surface area (Å²) in [4.78, 5) is 27.1. The third-order valence-corrected chi connectivity index (χ3v) is 3.57. The second-order valence-corrected chi connectivity index (χ2v) is 4.61. The van der Waals surface area contributed by atoms with E-state index in [1.807, 2.05) is 37.3 Å². The zero-order valence-corrected chi connectivity index (χ0v) is 11.0. The largest absolute Gasteiger partial charge is 0.327 e. The van der Waals surface area contributed by atoms with Crippen LogP contribution >= 0.6 is 0 Å². The molecule has 4 nitrogen and oxygen atoms in total. The van der Waals surface area contributed by atoms with Gasteiger partial charge in [0.1, 0.15) is 0 Å². The van der Waals surface area contributed by atoms with Crippen LogP contribution in [0, 0.1) is 0 Å². The summed E-state index contributed by atoms with van der Waals surface area (Å²) in [5.74, 6) is -0.120. The molecular weight excluding hydrogens is 228 g/mol. The summed E-state index contributed by atoms with van der Waals surface area (Å²) in [5.41, 5.74) is 1.00. The van der Waals surface area contributed by atoms with E-state index >= 15 is 0 Å². The fourth-order valence-corrected chi connectivity index (χ4v) is 2.40. The maximum Gasteiger partial charge on any atom is 0.327 e. The lowest BCUT2D eigenvalue weighted by atomic mass is 10.0. The van der Waals surface area contributed by atoms with Gasteiger partial charge < -0.3 is 4.90 Å². The molecule has 0 spiro atoms. The Bertz CT molecular complexity index is 458. The number of imide groups is 1. The molecule has 0 N–H and O–H groups in total. The second kappa shape index (κ2) is 4.80. The number of hydrogen-bond acceptors (Lipinski definition) is 2. The molecule has 4 heteroatoms. The van der Waals surface area contributed by atoms with Crippen molar-refractivity contribution in [1.82, 2.24) is 9.80 Å². The topological polar surface area (TPSA) is 40.6 Å². The summed E-state index contributed by atoms with van der Waals surface area (Å²) in [6, 6.07) is 9.32. The van der Waals surface area contributed by atoms with Gasteiger partial charge in [-0.2, -0.15) is 0 Å². The van der Waals surface area contributed by atoms with Gasteiger partial charge >= 0.3 is 6.03 Å². The minimum Gasteiger partial charge on any atom is -0.322 e. The maximum absolute atomic E-state index is 12.1. The molecule has 1 aromatic rings. The van der Waals surface area contributed by atoms with E-state index < -0.39 is 0 Å². The fourth-order valence-electron chi connectivity index (χ4n) is 2.40. The van der Waals surface area contributed by atoms with E-state index in [1.54, 1.807) is 18.9 Å². The highest BCUT2D eigenvalue weighted by Gasteiger charge is 2.44. The first-order valence-electron chi connectivity index (χ1n) is 6.21. The molecule has 0 saturated carbocycles. The first kappa shape index (κ1) is 12.6. The van der Waals surface area contributed by atoms with Crippen molar-refractivity contribution < 1.29 is 9.59 Å². The third-order valence-electron chi connectivity index (χ3n) is 3.57. The Morgan fingerprint density at radius 2 is 1.89 bits per heavy atom. The Kier molecular flexibility index (Phi) is 3.36. The Morgan fingerprint density at radius 3 is 2.44 bits per heavy atom. The van der Waals surface area contributed by atoms with Crippen molar-refractivity contribution in [3.8, 4) is 0 Å². The van der Waals surface area contributed by atoms with Crippen molar-refractivity contribution in [2.75, 3.05) is 7.05 Å². The number of benzene rings is 1. The Hall–Kier alpha value is -1.84. The van der Waals surface area contributed by atoms with Gasteiger partial charge in [0.05, 0.1) is 12.1 Å². The SMILES string of the molecule is CCC(=O)N1C(=O)N(C)C(C)C1c1ccccc1. The maximum atomic E-state index is 12.1.